The van der Waals surface area contributed by atoms with Gasteiger partial charge in [-0.1, -0.05) is 0 Å². The molecule has 6 heteroatoms. The van der Waals surface area contributed by atoms with E-state index in [2.05, 4.69) is 10.4 Å². The Morgan fingerprint density at radius 3 is 3.00 bits per heavy atom. The van der Waals surface area contributed by atoms with E-state index in [1.807, 2.05) is 6.92 Å². The monoisotopic (exact) mass is 248 g/mol. The molecule has 0 aliphatic rings. The molecule has 3 N–H and O–H groups in total. The zero-order chi connectivity index (χ0) is 13.1. The predicted molar refractivity (Wildman–Crippen MR) is 66.4 cm³/mol. The first-order valence-corrected chi connectivity index (χ1v) is 5.38. The molecule has 0 bridgehead atoms. The Hall–Kier alpha value is -2.37. The molecule has 94 valence electrons. The van der Waals surface area contributed by atoms with Crippen LogP contribution < -0.4 is 11.1 Å². The number of benzene rings is 1. The van der Waals surface area contributed by atoms with Crippen LogP contribution in [0.4, 0.5) is 15.8 Å². The van der Waals surface area contributed by atoms with Gasteiger partial charge in [0.25, 0.3) is 0 Å². The Morgan fingerprint density at radius 1 is 1.56 bits per heavy atom. The third-order valence-corrected chi connectivity index (χ3v) is 2.33. The molecular formula is C12H13FN4O. The number of amides is 1. The molecule has 2 rings (SSSR count). The minimum atomic E-state index is -0.519. The van der Waals surface area contributed by atoms with E-state index in [9.17, 15) is 9.18 Å². The van der Waals surface area contributed by atoms with Gasteiger partial charge in [0.05, 0.1) is 11.9 Å². The quantitative estimate of drug-likeness (QED) is 0.809. The van der Waals surface area contributed by atoms with Crippen molar-refractivity contribution in [1.82, 2.24) is 9.78 Å². The average molecular weight is 248 g/mol. The van der Waals surface area contributed by atoms with Gasteiger partial charge in [0, 0.05) is 11.9 Å². The molecule has 1 amide bonds. The van der Waals surface area contributed by atoms with Crippen LogP contribution in [-0.2, 0) is 11.3 Å². The molecule has 0 unspecified atom stereocenters. The Balaban J connectivity index is 2.05. The Morgan fingerprint density at radius 2 is 2.33 bits per heavy atom. The number of nitrogens with zero attached hydrogens (tertiary/aromatic N) is 2. The van der Waals surface area contributed by atoms with E-state index in [-0.39, 0.29) is 18.1 Å². The van der Waals surface area contributed by atoms with Crippen LogP contribution in [0, 0.1) is 12.7 Å². The normalized spacial score (nSPS) is 10.3. The molecular weight excluding hydrogens is 235 g/mol. The van der Waals surface area contributed by atoms with Gasteiger partial charge in [-0.15, -0.1) is 0 Å². The Bertz CT molecular complexity index is 579. The highest BCUT2D eigenvalue weighted by Gasteiger charge is 2.08. The van der Waals surface area contributed by atoms with Crippen LogP contribution in [0.25, 0.3) is 0 Å². The van der Waals surface area contributed by atoms with Crippen LogP contribution in [0.3, 0.4) is 0 Å². The summed E-state index contributed by atoms with van der Waals surface area (Å²) in [5.74, 6) is -0.878. The summed E-state index contributed by atoms with van der Waals surface area (Å²) in [6.07, 6.45) is 3.38. The Labute approximate surface area is 103 Å². The third kappa shape index (κ3) is 2.85. The molecule has 0 spiro atoms. The summed E-state index contributed by atoms with van der Waals surface area (Å²) in [6.45, 7) is 1.90. The van der Waals surface area contributed by atoms with Crippen molar-refractivity contribution >= 4 is 17.3 Å². The predicted octanol–water partition coefficient (Wildman–Crippen LogP) is 1.55. The van der Waals surface area contributed by atoms with Crippen LogP contribution in [0.2, 0.25) is 0 Å². The zero-order valence-corrected chi connectivity index (χ0v) is 9.85. The second-order valence-electron chi connectivity index (χ2n) is 4.00. The summed E-state index contributed by atoms with van der Waals surface area (Å²) in [4.78, 5) is 11.7. The first-order valence-electron chi connectivity index (χ1n) is 5.38. The van der Waals surface area contributed by atoms with E-state index in [0.717, 1.165) is 5.56 Å². The SMILES string of the molecule is Cc1cnn(CC(=O)Nc2cc(N)ccc2F)c1. The lowest BCUT2D eigenvalue weighted by atomic mass is 10.2. The van der Waals surface area contributed by atoms with Crippen molar-refractivity contribution in [2.75, 3.05) is 11.1 Å². The number of nitrogen functional groups attached to an aromatic ring is 1. The molecule has 0 aliphatic carbocycles. The number of hydrogen-bond donors (Lipinski definition) is 2. The molecule has 0 radical (unpaired) electrons. The topological polar surface area (TPSA) is 72.9 Å². The lowest BCUT2D eigenvalue weighted by molar-refractivity contribution is -0.116. The van der Waals surface area contributed by atoms with Crippen LogP contribution in [0.5, 0.6) is 0 Å². The highest BCUT2D eigenvalue weighted by Crippen LogP contribution is 2.17. The highest BCUT2D eigenvalue weighted by molar-refractivity contribution is 5.91. The molecule has 0 saturated carbocycles. The molecule has 0 saturated heterocycles. The fourth-order valence-corrected chi connectivity index (χ4v) is 1.53. The molecule has 1 heterocycles. The van der Waals surface area contributed by atoms with Crippen LogP contribution in [-0.4, -0.2) is 15.7 Å². The van der Waals surface area contributed by atoms with Crippen molar-refractivity contribution in [3.63, 3.8) is 0 Å². The summed E-state index contributed by atoms with van der Waals surface area (Å²) >= 11 is 0. The highest BCUT2D eigenvalue weighted by atomic mass is 19.1. The number of hydrogen-bond acceptors (Lipinski definition) is 3. The van der Waals surface area contributed by atoms with Crippen molar-refractivity contribution in [2.24, 2.45) is 0 Å². The van der Waals surface area contributed by atoms with Gasteiger partial charge in [-0.05, 0) is 30.7 Å². The summed E-state index contributed by atoms with van der Waals surface area (Å²) in [6, 6.07) is 4.02. The van der Waals surface area contributed by atoms with Gasteiger partial charge >= 0.3 is 0 Å². The lowest BCUT2D eigenvalue weighted by Crippen LogP contribution is -2.19. The summed E-state index contributed by atoms with van der Waals surface area (Å²) < 4.78 is 14.9. The standard InChI is InChI=1S/C12H13FN4O/c1-8-5-15-17(6-8)7-12(18)16-11-4-9(14)2-3-10(11)13/h2-6H,7,14H2,1H3,(H,16,18). The smallest absolute Gasteiger partial charge is 0.246 e. The lowest BCUT2D eigenvalue weighted by Gasteiger charge is -2.07. The van der Waals surface area contributed by atoms with E-state index in [1.165, 1.54) is 22.9 Å². The van der Waals surface area contributed by atoms with Crippen LogP contribution in [0.15, 0.2) is 30.6 Å². The second kappa shape index (κ2) is 4.87. The van der Waals surface area contributed by atoms with Crippen molar-refractivity contribution in [2.45, 2.75) is 13.5 Å². The number of carbonyl (C=O) groups excluding carboxylic acids is 1. The van der Waals surface area contributed by atoms with Gasteiger partial charge in [-0.3, -0.25) is 9.48 Å². The summed E-state index contributed by atoms with van der Waals surface area (Å²) in [7, 11) is 0. The van der Waals surface area contributed by atoms with E-state index in [0.29, 0.717) is 5.69 Å². The molecule has 1 aromatic carbocycles. The van der Waals surface area contributed by atoms with Crippen LogP contribution >= 0.6 is 0 Å². The van der Waals surface area contributed by atoms with Gasteiger partial charge in [0.15, 0.2) is 0 Å². The van der Waals surface area contributed by atoms with Crippen LogP contribution in [0.1, 0.15) is 5.56 Å². The summed E-state index contributed by atoms with van der Waals surface area (Å²) in [5.41, 5.74) is 6.94. The molecule has 2 aromatic rings. The van der Waals surface area contributed by atoms with Gasteiger partial charge in [0.1, 0.15) is 12.4 Å². The van der Waals surface area contributed by atoms with Gasteiger partial charge in [-0.2, -0.15) is 5.10 Å². The molecule has 18 heavy (non-hydrogen) atoms. The third-order valence-electron chi connectivity index (χ3n) is 2.33. The van der Waals surface area contributed by atoms with Gasteiger partial charge < -0.3 is 11.1 Å². The second-order valence-corrected chi connectivity index (χ2v) is 4.00. The van der Waals surface area contributed by atoms with E-state index in [1.54, 1.807) is 12.4 Å². The number of halogens is 1. The van der Waals surface area contributed by atoms with E-state index < -0.39 is 5.82 Å². The zero-order valence-electron chi connectivity index (χ0n) is 9.85. The molecule has 1 aromatic heterocycles. The fraction of sp³-hybridized carbons (Fsp3) is 0.167. The number of carbonyl (C=O) groups is 1. The van der Waals surface area contributed by atoms with Crippen molar-refractivity contribution in [1.29, 1.82) is 0 Å². The first kappa shape index (κ1) is 12.1. The summed E-state index contributed by atoms with van der Waals surface area (Å²) in [5, 5.41) is 6.43. The number of rotatable bonds is 3. The maximum absolute atomic E-state index is 13.4. The van der Waals surface area contributed by atoms with Gasteiger partial charge in [-0.25, -0.2) is 4.39 Å². The van der Waals surface area contributed by atoms with E-state index in [4.69, 9.17) is 5.73 Å². The number of aryl methyl sites for hydroxylation is 1. The maximum atomic E-state index is 13.4. The van der Waals surface area contributed by atoms with Crippen molar-refractivity contribution < 1.29 is 9.18 Å². The van der Waals surface area contributed by atoms with Crippen molar-refractivity contribution in [3.8, 4) is 0 Å². The number of nitrogens with one attached hydrogen (secondary N) is 1. The van der Waals surface area contributed by atoms with Gasteiger partial charge in [0.2, 0.25) is 5.91 Å². The minimum Gasteiger partial charge on any atom is -0.399 e. The molecule has 0 fully saturated rings. The molecule has 5 nitrogen and oxygen atoms in total. The average Bonchev–Trinajstić information content (AvgIpc) is 2.69. The Kier molecular flexibility index (Phi) is 3.27. The minimum absolute atomic E-state index is 0.0298. The molecule has 0 aliphatic heterocycles. The molecule has 0 atom stereocenters. The number of nitrogens with two attached hydrogens (primary N) is 1. The largest absolute Gasteiger partial charge is 0.399 e. The van der Waals surface area contributed by atoms with E-state index >= 15 is 0 Å². The number of anilines is 2. The number of aromatic nitrogens is 2. The maximum Gasteiger partial charge on any atom is 0.246 e. The fourth-order valence-electron chi connectivity index (χ4n) is 1.53. The van der Waals surface area contributed by atoms with Crippen molar-refractivity contribution in [3.05, 3.63) is 42.0 Å². The first-order chi connectivity index (χ1) is 8.54.